The molecule has 0 amide bonds. The van der Waals surface area contributed by atoms with E-state index in [2.05, 4.69) is 35.8 Å². The lowest BCUT2D eigenvalue weighted by molar-refractivity contribution is 0.475. The Labute approximate surface area is 106 Å². The monoisotopic (exact) mass is 245 g/mol. The highest BCUT2D eigenvalue weighted by Gasteiger charge is 1.95. The summed E-state index contributed by atoms with van der Waals surface area (Å²) in [6.07, 6.45) is 2.07. The number of phenols is 1. The van der Waals surface area contributed by atoms with E-state index in [0.29, 0.717) is 5.75 Å². The van der Waals surface area contributed by atoms with Crippen LogP contribution in [0.15, 0.2) is 53.4 Å². The van der Waals surface area contributed by atoms with Crippen molar-refractivity contribution in [3.63, 3.8) is 0 Å². The van der Waals surface area contributed by atoms with Crippen molar-refractivity contribution in [3.05, 3.63) is 54.1 Å². The molecule has 2 N–H and O–H groups in total. The molecular weight excluding hydrogens is 230 g/mol. The Morgan fingerprint density at radius 1 is 1.00 bits per heavy atom. The molecule has 0 radical (unpaired) electrons. The maximum atomic E-state index is 9.18. The molecule has 0 saturated heterocycles. The summed E-state index contributed by atoms with van der Waals surface area (Å²) >= 11 is 1.74. The number of rotatable bonds is 4. The molecule has 2 aromatic carbocycles. The Balaban J connectivity index is 1.95. The Morgan fingerprint density at radius 2 is 1.65 bits per heavy atom. The minimum Gasteiger partial charge on any atom is -0.508 e. The SMILES string of the molecule is CSc1ccc(NCc2ccc(O)cc2)cc1. The maximum Gasteiger partial charge on any atom is 0.115 e. The van der Waals surface area contributed by atoms with Gasteiger partial charge in [0.05, 0.1) is 0 Å². The number of phenolic OH excluding ortho intramolecular Hbond substituents is 1. The molecule has 0 atom stereocenters. The fourth-order valence-electron chi connectivity index (χ4n) is 1.53. The first-order chi connectivity index (χ1) is 8.28. The van der Waals surface area contributed by atoms with E-state index < -0.39 is 0 Å². The molecule has 0 bridgehead atoms. The summed E-state index contributed by atoms with van der Waals surface area (Å²) in [5, 5.41) is 12.5. The van der Waals surface area contributed by atoms with Gasteiger partial charge < -0.3 is 10.4 Å². The molecule has 0 unspecified atom stereocenters. The Bertz CT molecular complexity index is 465. The van der Waals surface area contributed by atoms with Crippen molar-refractivity contribution in [3.8, 4) is 5.75 Å². The van der Waals surface area contributed by atoms with Gasteiger partial charge in [-0.3, -0.25) is 0 Å². The van der Waals surface area contributed by atoms with Crippen molar-refractivity contribution in [2.75, 3.05) is 11.6 Å². The second-order valence-corrected chi connectivity index (χ2v) is 4.63. The van der Waals surface area contributed by atoms with Crippen LogP contribution in [0.2, 0.25) is 0 Å². The average molecular weight is 245 g/mol. The van der Waals surface area contributed by atoms with E-state index in [4.69, 9.17) is 0 Å². The smallest absolute Gasteiger partial charge is 0.115 e. The van der Waals surface area contributed by atoms with E-state index in [9.17, 15) is 5.11 Å². The zero-order valence-corrected chi connectivity index (χ0v) is 10.5. The van der Waals surface area contributed by atoms with E-state index in [1.165, 1.54) is 4.90 Å². The third kappa shape index (κ3) is 3.43. The highest BCUT2D eigenvalue weighted by Crippen LogP contribution is 2.18. The molecule has 0 heterocycles. The molecule has 0 saturated carbocycles. The van der Waals surface area contributed by atoms with E-state index in [1.54, 1.807) is 23.9 Å². The number of anilines is 1. The van der Waals surface area contributed by atoms with Crippen LogP contribution in [0.5, 0.6) is 5.75 Å². The fourth-order valence-corrected chi connectivity index (χ4v) is 1.94. The van der Waals surface area contributed by atoms with Crippen LogP contribution in [0, 0.1) is 0 Å². The molecule has 0 aliphatic rings. The molecule has 0 aromatic heterocycles. The van der Waals surface area contributed by atoms with Crippen LogP contribution in [0.4, 0.5) is 5.69 Å². The summed E-state index contributed by atoms with van der Waals surface area (Å²) in [7, 11) is 0. The van der Waals surface area contributed by atoms with Crippen LogP contribution in [0.1, 0.15) is 5.56 Å². The van der Waals surface area contributed by atoms with Gasteiger partial charge in [-0.25, -0.2) is 0 Å². The van der Waals surface area contributed by atoms with E-state index in [1.807, 2.05) is 12.1 Å². The first-order valence-electron chi connectivity index (χ1n) is 5.44. The second kappa shape index (κ2) is 5.64. The highest BCUT2D eigenvalue weighted by molar-refractivity contribution is 7.98. The summed E-state index contributed by atoms with van der Waals surface area (Å²) in [6.45, 7) is 0.763. The van der Waals surface area contributed by atoms with Crippen molar-refractivity contribution < 1.29 is 5.11 Å². The van der Waals surface area contributed by atoms with Gasteiger partial charge in [0, 0.05) is 17.1 Å². The van der Waals surface area contributed by atoms with Crippen molar-refractivity contribution in [2.45, 2.75) is 11.4 Å². The van der Waals surface area contributed by atoms with Crippen molar-refractivity contribution >= 4 is 17.4 Å². The number of benzene rings is 2. The van der Waals surface area contributed by atoms with Gasteiger partial charge in [0.1, 0.15) is 5.75 Å². The number of nitrogens with one attached hydrogen (secondary N) is 1. The minimum absolute atomic E-state index is 0.304. The zero-order chi connectivity index (χ0) is 12.1. The van der Waals surface area contributed by atoms with Crippen molar-refractivity contribution in [1.29, 1.82) is 0 Å². The molecule has 2 nitrogen and oxygen atoms in total. The van der Waals surface area contributed by atoms with E-state index in [-0.39, 0.29) is 0 Å². The summed E-state index contributed by atoms with van der Waals surface area (Å²) < 4.78 is 0. The van der Waals surface area contributed by atoms with E-state index >= 15 is 0 Å². The average Bonchev–Trinajstić information content (AvgIpc) is 2.39. The van der Waals surface area contributed by atoms with Gasteiger partial charge in [-0.05, 0) is 48.2 Å². The number of hydrogen-bond acceptors (Lipinski definition) is 3. The molecule has 0 aliphatic carbocycles. The van der Waals surface area contributed by atoms with Crippen LogP contribution >= 0.6 is 11.8 Å². The molecule has 0 spiro atoms. The molecule has 2 rings (SSSR count). The van der Waals surface area contributed by atoms with Gasteiger partial charge in [-0.15, -0.1) is 11.8 Å². The van der Waals surface area contributed by atoms with Crippen LogP contribution in [-0.4, -0.2) is 11.4 Å². The number of hydrogen-bond donors (Lipinski definition) is 2. The number of aromatic hydroxyl groups is 1. The predicted molar refractivity (Wildman–Crippen MR) is 73.7 cm³/mol. The van der Waals surface area contributed by atoms with Gasteiger partial charge in [0.2, 0.25) is 0 Å². The van der Waals surface area contributed by atoms with Crippen molar-refractivity contribution in [2.24, 2.45) is 0 Å². The summed E-state index contributed by atoms with van der Waals surface area (Å²) in [5.74, 6) is 0.304. The van der Waals surface area contributed by atoms with Gasteiger partial charge in [-0.2, -0.15) is 0 Å². The summed E-state index contributed by atoms with van der Waals surface area (Å²) in [6, 6.07) is 15.6. The van der Waals surface area contributed by atoms with Gasteiger partial charge >= 0.3 is 0 Å². The Hall–Kier alpha value is -1.61. The lowest BCUT2D eigenvalue weighted by atomic mass is 10.2. The first kappa shape index (κ1) is 11.9. The standard InChI is InChI=1S/C14H15NOS/c1-17-14-8-4-12(5-9-14)15-10-11-2-6-13(16)7-3-11/h2-9,15-16H,10H2,1H3. The lowest BCUT2D eigenvalue weighted by Gasteiger charge is -2.07. The molecule has 2 aromatic rings. The van der Waals surface area contributed by atoms with E-state index in [0.717, 1.165) is 17.8 Å². The Morgan fingerprint density at radius 3 is 2.24 bits per heavy atom. The van der Waals surface area contributed by atoms with Gasteiger partial charge in [-0.1, -0.05) is 12.1 Å². The van der Waals surface area contributed by atoms with Crippen LogP contribution < -0.4 is 5.32 Å². The largest absolute Gasteiger partial charge is 0.508 e. The first-order valence-corrected chi connectivity index (χ1v) is 6.66. The highest BCUT2D eigenvalue weighted by atomic mass is 32.2. The predicted octanol–water partition coefficient (Wildman–Crippen LogP) is 3.73. The van der Waals surface area contributed by atoms with Crippen LogP contribution in [0.3, 0.4) is 0 Å². The summed E-state index contributed by atoms with van der Waals surface area (Å²) in [5.41, 5.74) is 2.26. The second-order valence-electron chi connectivity index (χ2n) is 3.75. The fraction of sp³-hybridized carbons (Fsp3) is 0.143. The molecular formula is C14H15NOS. The van der Waals surface area contributed by atoms with Gasteiger partial charge in [0.15, 0.2) is 0 Å². The van der Waals surface area contributed by atoms with Gasteiger partial charge in [0.25, 0.3) is 0 Å². The molecule has 17 heavy (non-hydrogen) atoms. The van der Waals surface area contributed by atoms with Crippen LogP contribution in [0.25, 0.3) is 0 Å². The lowest BCUT2D eigenvalue weighted by Crippen LogP contribution is -1.98. The van der Waals surface area contributed by atoms with Crippen molar-refractivity contribution in [1.82, 2.24) is 0 Å². The molecule has 88 valence electrons. The molecule has 0 aliphatic heterocycles. The summed E-state index contributed by atoms with van der Waals surface area (Å²) in [4.78, 5) is 1.26. The zero-order valence-electron chi connectivity index (χ0n) is 9.68. The number of thioether (sulfide) groups is 1. The Kier molecular flexibility index (Phi) is 3.94. The quantitative estimate of drug-likeness (QED) is 0.805. The maximum absolute atomic E-state index is 9.18. The normalized spacial score (nSPS) is 10.2. The van der Waals surface area contributed by atoms with Crippen LogP contribution in [-0.2, 0) is 6.54 Å². The minimum atomic E-state index is 0.304. The third-order valence-electron chi connectivity index (χ3n) is 2.52. The molecule has 3 heteroatoms. The topological polar surface area (TPSA) is 32.3 Å². The molecule has 0 fully saturated rings. The third-order valence-corrected chi connectivity index (χ3v) is 3.27.